The lowest BCUT2D eigenvalue weighted by Crippen LogP contribution is -2.08. The number of pyridine rings is 1. The van der Waals surface area contributed by atoms with Crippen LogP contribution in [-0.4, -0.2) is 22.6 Å². The first-order valence-corrected chi connectivity index (χ1v) is 5.93. The van der Waals surface area contributed by atoms with E-state index in [-0.39, 0.29) is 6.42 Å². The molecule has 0 bridgehead atoms. The monoisotopic (exact) mass is 247 g/mol. The molecule has 1 heterocycles. The van der Waals surface area contributed by atoms with E-state index in [1.807, 2.05) is 19.1 Å². The second-order valence-electron chi connectivity index (χ2n) is 4.29. The molecular weight excluding hydrogens is 230 g/mol. The summed E-state index contributed by atoms with van der Waals surface area (Å²) in [6, 6.07) is 5.49. The fourth-order valence-electron chi connectivity index (χ4n) is 1.58. The normalized spacial score (nSPS) is 11.6. The Morgan fingerprint density at radius 2 is 2.39 bits per heavy atom. The number of hydrogen-bond donors (Lipinski definition) is 2. The van der Waals surface area contributed by atoms with E-state index in [2.05, 4.69) is 10.3 Å². The summed E-state index contributed by atoms with van der Waals surface area (Å²) in [6.07, 6.45) is 3.40. The van der Waals surface area contributed by atoms with Crippen molar-refractivity contribution in [1.82, 2.24) is 4.98 Å². The minimum absolute atomic E-state index is 0.217. The van der Waals surface area contributed by atoms with E-state index in [4.69, 9.17) is 10.4 Å². The van der Waals surface area contributed by atoms with Crippen LogP contribution in [0.5, 0.6) is 0 Å². The average molecular weight is 247 g/mol. The van der Waals surface area contributed by atoms with Crippen LogP contribution >= 0.6 is 0 Å². The molecule has 0 radical (unpaired) electrons. The zero-order chi connectivity index (χ0) is 13.4. The molecule has 96 valence electrons. The van der Waals surface area contributed by atoms with Gasteiger partial charge in [-0.15, -0.1) is 0 Å². The molecule has 18 heavy (non-hydrogen) atoms. The predicted molar refractivity (Wildman–Crippen MR) is 68.1 cm³/mol. The van der Waals surface area contributed by atoms with Crippen LogP contribution in [0.1, 0.15) is 31.9 Å². The van der Waals surface area contributed by atoms with Gasteiger partial charge in [0.05, 0.1) is 0 Å². The van der Waals surface area contributed by atoms with E-state index in [0.717, 1.165) is 18.7 Å². The molecule has 1 unspecified atom stereocenters. The zero-order valence-electron chi connectivity index (χ0n) is 10.4. The van der Waals surface area contributed by atoms with Crippen molar-refractivity contribution in [1.29, 1.82) is 5.26 Å². The quantitative estimate of drug-likeness (QED) is 0.771. The Morgan fingerprint density at radius 1 is 1.61 bits per heavy atom. The molecule has 0 amide bonds. The molecule has 5 nitrogen and oxygen atoms in total. The Bertz CT molecular complexity index is 440. The first-order valence-electron chi connectivity index (χ1n) is 5.93. The molecule has 0 saturated carbocycles. The van der Waals surface area contributed by atoms with Crippen LogP contribution in [0.3, 0.4) is 0 Å². The number of nitrogens with zero attached hydrogens (tertiary/aromatic N) is 2. The number of hydrogen-bond acceptors (Lipinski definition) is 4. The lowest BCUT2D eigenvalue weighted by Gasteiger charge is -2.11. The first kappa shape index (κ1) is 14.0. The Balaban J connectivity index is 2.28. The number of aromatic nitrogens is 1. The summed E-state index contributed by atoms with van der Waals surface area (Å²) in [5, 5.41) is 20.5. The van der Waals surface area contributed by atoms with Gasteiger partial charge in [-0.3, -0.25) is 4.79 Å². The molecule has 1 aromatic rings. The van der Waals surface area contributed by atoms with Crippen LogP contribution in [0.2, 0.25) is 0 Å². The van der Waals surface area contributed by atoms with Crippen molar-refractivity contribution < 1.29 is 9.90 Å². The molecule has 0 aliphatic rings. The number of aliphatic carboxylic acids is 1. The number of carbonyl (C=O) groups is 1. The molecule has 0 aliphatic heterocycles. The molecular formula is C13H17N3O2. The van der Waals surface area contributed by atoms with Crippen LogP contribution < -0.4 is 5.32 Å². The van der Waals surface area contributed by atoms with Gasteiger partial charge in [-0.25, -0.2) is 4.98 Å². The molecule has 2 N–H and O–H groups in total. The van der Waals surface area contributed by atoms with Crippen molar-refractivity contribution in [2.75, 3.05) is 11.9 Å². The van der Waals surface area contributed by atoms with Crippen LogP contribution in [0.25, 0.3) is 0 Å². The minimum atomic E-state index is -0.748. The molecule has 0 aromatic carbocycles. The van der Waals surface area contributed by atoms with Crippen molar-refractivity contribution in [3.05, 3.63) is 24.0 Å². The fourth-order valence-corrected chi connectivity index (χ4v) is 1.58. The summed E-state index contributed by atoms with van der Waals surface area (Å²) in [6.45, 7) is 2.80. The van der Waals surface area contributed by atoms with Crippen molar-refractivity contribution in [2.24, 2.45) is 5.92 Å². The third kappa shape index (κ3) is 5.30. The lowest BCUT2D eigenvalue weighted by molar-refractivity contribution is -0.137. The maximum atomic E-state index is 10.4. The Kier molecular flexibility index (Phi) is 5.65. The van der Waals surface area contributed by atoms with E-state index >= 15 is 0 Å². The van der Waals surface area contributed by atoms with Gasteiger partial charge in [-0.1, -0.05) is 6.92 Å². The largest absolute Gasteiger partial charge is 0.481 e. The summed E-state index contributed by atoms with van der Waals surface area (Å²) in [5.41, 5.74) is 1.26. The van der Waals surface area contributed by atoms with E-state index in [0.29, 0.717) is 18.0 Å². The number of rotatable bonds is 7. The summed E-state index contributed by atoms with van der Waals surface area (Å²) < 4.78 is 0. The second kappa shape index (κ2) is 7.28. The predicted octanol–water partition coefficient (Wildman–Crippen LogP) is 2.26. The van der Waals surface area contributed by atoms with E-state index in [9.17, 15) is 4.79 Å². The highest BCUT2D eigenvalue weighted by Crippen LogP contribution is 2.12. The molecule has 0 fully saturated rings. The standard InChI is InChI=1S/C13H17N3O2/c1-10(2-3-13(17)18)4-6-15-11-5-7-16-12(8-11)9-14/h5,7-8,10H,2-4,6H2,1H3,(H,15,16)(H,17,18). The van der Waals surface area contributed by atoms with Gasteiger partial charge >= 0.3 is 5.97 Å². The van der Waals surface area contributed by atoms with Crippen LogP contribution in [-0.2, 0) is 4.79 Å². The first-order chi connectivity index (χ1) is 8.61. The lowest BCUT2D eigenvalue weighted by atomic mass is 10.0. The number of anilines is 1. The minimum Gasteiger partial charge on any atom is -0.481 e. The van der Waals surface area contributed by atoms with Gasteiger partial charge in [-0.05, 0) is 30.9 Å². The zero-order valence-corrected chi connectivity index (χ0v) is 10.4. The Hall–Kier alpha value is -2.09. The molecule has 0 saturated heterocycles. The van der Waals surface area contributed by atoms with Crippen LogP contribution in [0.4, 0.5) is 5.69 Å². The van der Waals surface area contributed by atoms with Crippen molar-refractivity contribution in [3.8, 4) is 6.07 Å². The van der Waals surface area contributed by atoms with Gasteiger partial charge in [0.15, 0.2) is 0 Å². The molecule has 0 spiro atoms. The highest BCUT2D eigenvalue weighted by molar-refractivity contribution is 5.66. The van der Waals surface area contributed by atoms with E-state index in [1.54, 1.807) is 12.3 Å². The number of nitriles is 1. The molecule has 0 aliphatic carbocycles. The molecule has 1 atom stereocenters. The maximum absolute atomic E-state index is 10.4. The van der Waals surface area contributed by atoms with Crippen molar-refractivity contribution in [2.45, 2.75) is 26.2 Å². The van der Waals surface area contributed by atoms with Crippen LogP contribution in [0.15, 0.2) is 18.3 Å². The summed E-state index contributed by atoms with van der Waals surface area (Å²) in [7, 11) is 0. The fraction of sp³-hybridized carbons (Fsp3) is 0.462. The second-order valence-corrected chi connectivity index (χ2v) is 4.29. The maximum Gasteiger partial charge on any atom is 0.303 e. The number of carboxylic acids is 1. The SMILES string of the molecule is CC(CCNc1ccnc(C#N)c1)CCC(=O)O. The van der Waals surface area contributed by atoms with Crippen molar-refractivity contribution >= 4 is 11.7 Å². The third-order valence-corrected chi connectivity index (χ3v) is 2.69. The van der Waals surface area contributed by atoms with E-state index in [1.165, 1.54) is 0 Å². The molecule has 1 rings (SSSR count). The van der Waals surface area contributed by atoms with Gasteiger partial charge in [-0.2, -0.15) is 5.26 Å². The van der Waals surface area contributed by atoms with Crippen molar-refractivity contribution in [3.63, 3.8) is 0 Å². The summed E-state index contributed by atoms with van der Waals surface area (Å²) in [5.74, 6) is -0.381. The van der Waals surface area contributed by atoms with Gasteiger partial charge in [0.25, 0.3) is 0 Å². The molecule has 5 heteroatoms. The topological polar surface area (TPSA) is 86.0 Å². The smallest absolute Gasteiger partial charge is 0.303 e. The highest BCUT2D eigenvalue weighted by Gasteiger charge is 2.05. The average Bonchev–Trinajstić information content (AvgIpc) is 2.36. The van der Waals surface area contributed by atoms with E-state index < -0.39 is 5.97 Å². The summed E-state index contributed by atoms with van der Waals surface area (Å²) in [4.78, 5) is 14.3. The van der Waals surface area contributed by atoms with Crippen LogP contribution in [0, 0.1) is 17.2 Å². The Labute approximate surface area is 106 Å². The van der Waals surface area contributed by atoms with Gasteiger partial charge in [0.2, 0.25) is 0 Å². The van der Waals surface area contributed by atoms with Gasteiger partial charge in [0.1, 0.15) is 11.8 Å². The molecule has 1 aromatic heterocycles. The summed E-state index contributed by atoms with van der Waals surface area (Å²) >= 11 is 0. The third-order valence-electron chi connectivity index (χ3n) is 2.69. The highest BCUT2D eigenvalue weighted by atomic mass is 16.4. The number of carboxylic acid groups (broad SMARTS) is 1. The number of nitrogens with one attached hydrogen (secondary N) is 1. The van der Waals surface area contributed by atoms with Gasteiger partial charge in [0, 0.05) is 24.8 Å². The Morgan fingerprint density at radius 3 is 3.06 bits per heavy atom. The van der Waals surface area contributed by atoms with Gasteiger partial charge < -0.3 is 10.4 Å².